The summed E-state index contributed by atoms with van der Waals surface area (Å²) in [7, 11) is 0. The van der Waals surface area contributed by atoms with E-state index in [9.17, 15) is 0 Å². The average Bonchev–Trinajstić information content (AvgIpc) is 2.42. The Kier molecular flexibility index (Phi) is 8.24. The normalized spacial score (nSPS) is 12.3. The summed E-state index contributed by atoms with van der Waals surface area (Å²) < 4.78 is 0. The number of hydrogen-bond donors (Lipinski definition) is 1. The third-order valence-electron chi connectivity index (χ3n) is 3.46. The zero-order valence-electron chi connectivity index (χ0n) is 12.6. The Morgan fingerprint density at radius 1 is 1.21 bits per heavy atom. The highest BCUT2D eigenvalue weighted by Gasteiger charge is 2.07. The molecule has 0 aliphatic carbocycles. The second kappa shape index (κ2) is 9.80. The van der Waals surface area contributed by atoms with Crippen molar-refractivity contribution in [1.29, 1.82) is 0 Å². The van der Waals surface area contributed by atoms with Gasteiger partial charge in [-0.05, 0) is 57.6 Å². The standard InChI is InChI=1S/C18H29N/c1-4-15-19-18(14-13-16(2)3)12-8-11-17-9-6-5-7-10-17/h5-7,9-10,18-19H,2,4,8,11-15H2,1,3H3. The van der Waals surface area contributed by atoms with Crippen LogP contribution in [-0.4, -0.2) is 12.6 Å². The molecule has 1 atom stereocenters. The topological polar surface area (TPSA) is 12.0 Å². The lowest BCUT2D eigenvalue weighted by molar-refractivity contribution is 0.441. The van der Waals surface area contributed by atoms with E-state index in [1.54, 1.807) is 0 Å². The molecule has 19 heavy (non-hydrogen) atoms. The van der Waals surface area contributed by atoms with E-state index in [1.807, 2.05) is 0 Å². The molecule has 0 aromatic heterocycles. The molecule has 0 spiro atoms. The van der Waals surface area contributed by atoms with Crippen molar-refractivity contribution in [2.45, 2.75) is 58.4 Å². The van der Waals surface area contributed by atoms with E-state index < -0.39 is 0 Å². The summed E-state index contributed by atoms with van der Waals surface area (Å²) in [6.45, 7) is 9.49. The molecule has 0 aliphatic rings. The minimum Gasteiger partial charge on any atom is -0.314 e. The molecular formula is C18H29N. The molecule has 0 fully saturated rings. The monoisotopic (exact) mass is 259 g/mol. The SMILES string of the molecule is C=C(C)CCC(CCCc1ccccc1)NCCC. The minimum absolute atomic E-state index is 0.653. The summed E-state index contributed by atoms with van der Waals surface area (Å²) in [5, 5.41) is 3.67. The van der Waals surface area contributed by atoms with Gasteiger partial charge in [-0.15, -0.1) is 6.58 Å². The maximum absolute atomic E-state index is 4.01. The van der Waals surface area contributed by atoms with Gasteiger partial charge in [0.1, 0.15) is 0 Å². The van der Waals surface area contributed by atoms with Crippen molar-refractivity contribution in [3.63, 3.8) is 0 Å². The van der Waals surface area contributed by atoms with E-state index >= 15 is 0 Å². The third kappa shape index (κ3) is 7.84. The maximum Gasteiger partial charge on any atom is 0.00702 e. The quantitative estimate of drug-likeness (QED) is 0.599. The largest absolute Gasteiger partial charge is 0.314 e. The summed E-state index contributed by atoms with van der Waals surface area (Å²) >= 11 is 0. The van der Waals surface area contributed by atoms with Gasteiger partial charge in [0.25, 0.3) is 0 Å². The number of hydrogen-bond acceptors (Lipinski definition) is 1. The van der Waals surface area contributed by atoms with Crippen LogP contribution in [0.1, 0.15) is 51.5 Å². The molecule has 1 aromatic carbocycles. The molecule has 1 nitrogen and oxygen atoms in total. The van der Waals surface area contributed by atoms with Gasteiger partial charge in [0.05, 0.1) is 0 Å². The van der Waals surface area contributed by atoms with Gasteiger partial charge in [0, 0.05) is 6.04 Å². The van der Waals surface area contributed by atoms with Crippen LogP contribution in [0.4, 0.5) is 0 Å². The van der Waals surface area contributed by atoms with Gasteiger partial charge in [0.15, 0.2) is 0 Å². The van der Waals surface area contributed by atoms with Crippen molar-refractivity contribution in [1.82, 2.24) is 5.32 Å². The Morgan fingerprint density at radius 2 is 1.95 bits per heavy atom. The molecule has 106 valence electrons. The number of rotatable bonds is 10. The Morgan fingerprint density at radius 3 is 2.58 bits per heavy atom. The smallest absolute Gasteiger partial charge is 0.00702 e. The molecule has 1 N–H and O–H groups in total. The Hall–Kier alpha value is -1.08. The van der Waals surface area contributed by atoms with E-state index in [2.05, 4.69) is 56.1 Å². The van der Waals surface area contributed by atoms with E-state index in [1.165, 1.54) is 43.2 Å². The van der Waals surface area contributed by atoms with Crippen molar-refractivity contribution in [2.75, 3.05) is 6.54 Å². The van der Waals surface area contributed by atoms with Crippen LogP contribution in [0, 0.1) is 0 Å². The lowest BCUT2D eigenvalue weighted by atomic mass is 10.00. The predicted octanol–water partition coefficient (Wildman–Crippen LogP) is 4.73. The number of allylic oxidation sites excluding steroid dienone is 1. The van der Waals surface area contributed by atoms with E-state index in [0.29, 0.717) is 6.04 Å². The van der Waals surface area contributed by atoms with Crippen molar-refractivity contribution in [2.24, 2.45) is 0 Å². The molecule has 0 saturated heterocycles. The van der Waals surface area contributed by atoms with Crippen LogP contribution in [0.3, 0.4) is 0 Å². The fourth-order valence-corrected chi connectivity index (χ4v) is 2.31. The summed E-state index contributed by atoms with van der Waals surface area (Å²) in [6, 6.07) is 11.4. The van der Waals surface area contributed by atoms with Gasteiger partial charge in [-0.25, -0.2) is 0 Å². The molecule has 0 saturated carbocycles. The Labute approximate surface area is 119 Å². The molecule has 1 aromatic rings. The van der Waals surface area contributed by atoms with Crippen molar-refractivity contribution in [3.8, 4) is 0 Å². The highest BCUT2D eigenvalue weighted by molar-refractivity contribution is 5.14. The van der Waals surface area contributed by atoms with Crippen LogP contribution < -0.4 is 5.32 Å². The fourth-order valence-electron chi connectivity index (χ4n) is 2.31. The van der Waals surface area contributed by atoms with Crippen molar-refractivity contribution < 1.29 is 0 Å². The second-order valence-electron chi connectivity index (χ2n) is 5.52. The number of benzene rings is 1. The van der Waals surface area contributed by atoms with E-state index in [4.69, 9.17) is 0 Å². The number of aryl methyl sites for hydroxylation is 1. The molecular weight excluding hydrogens is 230 g/mol. The van der Waals surface area contributed by atoms with Gasteiger partial charge >= 0.3 is 0 Å². The zero-order chi connectivity index (χ0) is 13.9. The molecule has 0 radical (unpaired) electrons. The molecule has 1 unspecified atom stereocenters. The van der Waals surface area contributed by atoms with Crippen LogP contribution in [0.2, 0.25) is 0 Å². The van der Waals surface area contributed by atoms with Crippen LogP contribution in [0.25, 0.3) is 0 Å². The lowest BCUT2D eigenvalue weighted by Gasteiger charge is -2.18. The summed E-state index contributed by atoms with van der Waals surface area (Å²) in [6.07, 6.45) is 7.31. The van der Waals surface area contributed by atoms with Gasteiger partial charge < -0.3 is 5.32 Å². The van der Waals surface area contributed by atoms with Crippen LogP contribution in [0.15, 0.2) is 42.5 Å². The summed E-state index contributed by atoms with van der Waals surface area (Å²) in [5.41, 5.74) is 2.75. The first-order chi connectivity index (χ1) is 9.22. The fraction of sp³-hybridized carbons (Fsp3) is 0.556. The first kappa shape index (κ1) is 16.0. The predicted molar refractivity (Wildman–Crippen MR) is 85.5 cm³/mol. The maximum atomic E-state index is 4.01. The van der Waals surface area contributed by atoms with Gasteiger partial charge in [-0.2, -0.15) is 0 Å². The second-order valence-corrected chi connectivity index (χ2v) is 5.52. The molecule has 1 heteroatoms. The molecule has 1 rings (SSSR count). The third-order valence-corrected chi connectivity index (χ3v) is 3.46. The van der Waals surface area contributed by atoms with Gasteiger partial charge in [-0.1, -0.05) is 42.8 Å². The summed E-state index contributed by atoms with van der Waals surface area (Å²) in [5.74, 6) is 0. The van der Waals surface area contributed by atoms with Crippen LogP contribution in [-0.2, 0) is 6.42 Å². The Balaban J connectivity index is 2.28. The van der Waals surface area contributed by atoms with E-state index in [0.717, 1.165) is 13.0 Å². The minimum atomic E-state index is 0.653. The van der Waals surface area contributed by atoms with Crippen LogP contribution in [0.5, 0.6) is 0 Å². The Bertz CT molecular complexity index is 342. The summed E-state index contributed by atoms with van der Waals surface area (Å²) in [4.78, 5) is 0. The van der Waals surface area contributed by atoms with Crippen molar-refractivity contribution >= 4 is 0 Å². The van der Waals surface area contributed by atoms with Gasteiger partial charge in [-0.3, -0.25) is 0 Å². The highest BCUT2D eigenvalue weighted by atomic mass is 14.9. The first-order valence-corrected chi connectivity index (χ1v) is 7.64. The zero-order valence-corrected chi connectivity index (χ0v) is 12.6. The highest BCUT2D eigenvalue weighted by Crippen LogP contribution is 2.12. The molecule has 0 aliphatic heterocycles. The number of nitrogens with one attached hydrogen (secondary N) is 1. The average molecular weight is 259 g/mol. The molecule has 0 bridgehead atoms. The van der Waals surface area contributed by atoms with Crippen molar-refractivity contribution in [3.05, 3.63) is 48.0 Å². The van der Waals surface area contributed by atoms with Crippen LogP contribution >= 0.6 is 0 Å². The molecule has 0 amide bonds. The molecule has 0 heterocycles. The first-order valence-electron chi connectivity index (χ1n) is 7.64. The van der Waals surface area contributed by atoms with E-state index in [-0.39, 0.29) is 0 Å². The van der Waals surface area contributed by atoms with Gasteiger partial charge in [0.2, 0.25) is 0 Å². The lowest BCUT2D eigenvalue weighted by Crippen LogP contribution is -2.29.